The average Bonchev–Trinajstić information content (AvgIpc) is 3.07. The number of hydrogen-bond donors (Lipinski definition) is 2. The highest BCUT2D eigenvalue weighted by molar-refractivity contribution is 7.19. The van der Waals surface area contributed by atoms with E-state index >= 15 is 0 Å². The third kappa shape index (κ3) is 5.88. The molecule has 3 rings (SSSR count). The molecule has 0 atom stereocenters. The second kappa shape index (κ2) is 10.6. The van der Waals surface area contributed by atoms with Gasteiger partial charge in [0.1, 0.15) is 5.00 Å². The van der Waals surface area contributed by atoms with Crippen LogP contribution in [0.2, 0.25) is 10.0 Å². The number of amides is 2. The lowest BCUT2D eigenvalue weighted by atomic mass is 10.1. The molecule has 0 bridgehead atoms. The number of carbonyl (C=O) groups excluding carboxylic acids is 3. The molecule has 0 radical (unpaired) electrons. The Hall–Kier alpha value is -2.87. The van der Waals surface area contributed by atoms with Gasteiger partial charge in [-0.15, -0.1) is 11.3 Å². The van der Waals surface area contributed by atoms with Crippen molar-refractivity contribution in [2.75, 3.05) is 17.2 Å². The van der Waals surface area contributed by atoms with E-state index in [1.165, 1.54) is 0 Å². The molecule has 1 heterocycles. The molecule has 2 aromatic carbocycles. The van der Waals surface area contributed by atoms with E-state index < -0.39 is 11.9 Å². The van der Waals surface area contributed by atoms with Gasteiger partial charge >= 0.3 is 5.97 Å². The summed E-state index contributed by atoms with van der Waals surface area (Å²) in [7, 11) is 0. The lowest BCUT2D eigenvalue weighted by Gasteiger charge is -2.07. The van der Waals surface area contributed by atoms with Gasteiger partial charge in [-0.25, -0.2) is 4.79 Å². The van der Waals surface area contributed by atoms with Crippen LogP contribution in [0.25, 0.3) is 0 Å². The lowest BCUT2D eigenvalue weighted by Crippen LogP contribution is -2.16. The van der Waals surface area contributed by atoms with Gasteiger partial charge in [0.2, 0.25) is 5.91 Å². The summed E-state index contributed by atoms with van der Waals surface area (Å²) in [5.41, 5.74) is 1.92. The monoisotopic (exact) mass is 490 g/mol. The van der Waals surface area contributed by atoms with Gasteiger partial charge in [-0.2, -0.15) is 0 Å². The largest absolute Gasteiger partial charge is 0.462 e. The zero-order chi connectivity index (χ0) is 23.3. The molecule has 0 unspecified atom stereocenters. The average molecular weight is 491 g/mol. The van der Waals surface area contributed by atoms with Crippen LogP contribution >= 0.6 is 34.5 Å². The smallest absolute Gasteiger partial charge is 0.341 e. The predicted molar refractivity (Wildman–Crippen MR) is 128 cm³/mol. The van der Waals surface area contributed by atoms with E-state index in [0.29, 0.717) is 26.2 Å². The first-order chi connectivity index (χ1) is 15.3. The summed E-state index contributed by atoms with van der Waals surface area (Å²) >= 11 is 12.8. The molecule has 9 heteroatoms. The normalized spacial score (nSPS) is 10.5. The van der Waals surface area contributed by atoms with Crippen molar-refractivity contribution in [1.29, 1.82) is 0 Å². The Bertz CT molecular complexity index is 1140. The van der Waals surface area contributed by atoms with Crippen LogP contribution in [0.1, 0.15) is 38.1 Å². The van der Waals surface area contributed by atoms with Crippen molar-refractivity contribution < 1.29 is 19.1 Å². The summed E-state index contributed by atoms with van der Waals surface area (Å²) < 4.78 is 5.14. The molecule has 3 aromatic rings. The number of benzene rings is 2. The molecule has 166 valence electrons. The van der Waals surface area contributed by atoms with E-state index in [1.54, 1.807) is 62.4 Å². The topological polar surface area (TPSA) is 84.5 Å². The highest BCUT2D eigenvalue weighted by Gasteiger charge is 2.26. The number of ether oxygens (including phenoxy) is 1. The Kier molecular flexibility index (Phi) is 7.90. The molecule has 0 aliphatic carbocycles. The van der Waals surface area contributed by atoms with Crippen molar-refractivity contribution in [2.45, 2.75) is 20.3 Å². The van der Waals surface area contributed by atoms with Crippen LogP contribution in [-0.2, 0) is 16.0 Å². The van der Waals surface area contributed by atoms with Gasteiger partial charge in [-0.1, -0.05) is 35.3 Å². The molecule has 0 saturated carbocycles. The van der Waals surface area contributed by atoms with Gasteiger partial charge in [0.15, 0.2) is 0 Å². The number of anilines is 2. The van der Waals surface area contributed by atoms with Gasteiger partial charge in [0.25, 0.3) is 5.91 Å². The minimum absolute atomic E-state index is 0.0860. The molecule has 2 amide bonds. The molecule has 0 fully saturated rings. The van der Waals surface area contributed by atoms with Crippen LogP contribution in [0.5, 0.6) is 0 Å². The number of nitrogens with one attached hydrogen (secondary N) is 2. The first-order valence-corrected chi connectivity index (χ1v) is 11.3. The summed E-state index contributed by atoms with van der Waals surface area (Å²) in [4.78, 5) is 38.3. The number of esters is 1. The summed E-state index contributed by atoms with van der Waals surface area (Å²) in [6.45, 7) is 3.50. The van der Waals surface area contributed by atoms with E-state index in [0.717, 1.165) is 16.9 Å². The Morgan fingerprint density at radius 1 is 0.938 bits per heavy atom. The van der Waals surface area contributed by atoms with Crippen molar-refractivity contribution in [3.63, 3.8) is 0 Å². The van der Waals surface area contributed by atoms with Crippen molar-refractivity contribution in [3.8, 4) is 0 Å². The number of rotatable bonds is 7. The Morgan fingerprint density at radius 2 is 1.53 bits per heavy atom. The maximum Gasteiger partial charge on any atom is 0.341 e. The second-order valence-electron chi connectivity index (χ2n) is 6.79. The maximum absolute atomic E-state index is 12.9. The molecular formula is C23H20Cl2N2O4S. The van der Waals surface area contributed by atoms with Gasteiger partial charge in [-0.3, -0.25) is 9.59 Å². The second-order valence-corrected chi connectivity index (χ2v) is 8.69. The highest BCUT2D eigenvalue weighted by atomic mass is 35.5. The van der Waals surface area contributed by atoms with Crippen molar-refractivity contribution in [1.82, 2.24) is 0 Å². The predicted octanol–water partition coefficient (Wildman–Crippen LogP) is 5.97. The van der Waals surface area contributed by atoms with Crippen LogP contribution in [0.15, 0.2) is 48.5 Å². The molecule has 0 aliphatic rings. The minimum Gasteiger partial charge on any atom is -0.462 e. The molecule has 32 heavy (non-hydrogen) atoms. The van der Waals surface area contributed by atoms with E-state index in [1.807, 2.05) is 0 Å². The summed E-state index contributed by atoms with van der Waals surface area (Å²) in [5.74, 6) is -1.34. The molecule has 6 nitrogen and oxygen atoms in total. The lowest BCUT2D eigenvalue weighted by molar-refractivity contribution is -0.115. The van der Waals surface area contributed by atoms with Crippen molar-refractivity contribution >= 4 is 63.0 Å². The Balaban J connectivity index is 1.85. The van der Waals surface area contributed by atoms with E-state index in [9.17, 15) is 14.4 Å². The van der Waals surface area contributed by atoms with Crippen molar-refractivity contribution in [2.24, 2.45) is 0 Å². The fourth-order valence-corrected chi connectivity index (χ4v) is 4.31. The summed E-state index contributed by atoms with van der Waals surface area (Å²) in [6, 6.07) is 13.5. The van der Waals surface area contributed by atoms with E-state index in [-0.39, 0.29) is 29.5 Å². The zero-order valence-corrected chi connectivity index (χ0v) is 19.7. The Labute approximate surface area is 199 Å². The SMILES string of the molecule is CCOC(=O)c1c(NC(=O)Cc2ccc(Cl)cc2)sc(C(=O)Nc2ccc(Cl)cc2)c1C. The number of hydrogen-bond acceptors (Lipinski definition) is 5. The number of thiophene rings is 1. The molecule has 0 aliphatic heterocycles. The van der Waals surface area contributed by atoms with Crippen LogP contribution in [-0.4, -0.2) is 24.4 Å². The standard InChI is InChI=1S/C23H20Cl2N2O4S/c1-3-31-23(30)19-13(2)20(21(29)26-17-10-8-16(25)9-11-17)32-22(19)27-18(28)12-14-4-6-15(24)7-5-14/h4-11H,3,12H2,1-2H3,(H,26,29)(H,27,28). The van der Waals surface area contributed by atoms with Crippen LogP contribution in [0.4, 0.5) is 10.7 Å². The molecule has 0 saturated heterocycles. The van der Waals surface area contributed by atoms with E-state index in [2.05, 4.69) is 10.6 Å². The minimum atomic E-state index is -0.603. The number of carbonyl (C=O) groups is 3. The van der Waals surface area contributed by atoms with Gasteiger partial charge in [0.05, 0.1) is 23.5 Å². The van der Waals surface area contributed by atoms with Gasteiger partial charge in [-0.05, 0) is 61.4 Å². The molecule has 0 spiro atoms. The fourth-order valence-electron chi connectivity index (χ4n) is 2.95. The molecule has 1 aromatic heterocycles. The highest BCUT2D eigenvalue weighted by Crippen LogP contribution is 2.34. The van der Waals surface area contributed by atoms with Crippen LogP contribution in [0.3, 0.4) is 0 Å². The molecule has 2 N–H and O–H groups in total. The Morgan fingerprint density at radius 3 is 2.12 bits per heavy atom. The number of halogens is 2. The summed E-state index contributed by atoms with van der Waals surface area (Å²) in [5, 5.41) is 6.91. The maximum atomic E-state index is 12.9. The summed E-state index contributed by atoms with van der Waals surface area (Å²) in [6.07, 6.45) is 0.0860. The first-order valence-electron chi connectivity index (χ1n) is 9.70. The van der Waals surface area contributed by atoms with Crippen LogP contribution < -0.4 is 10.6 Å². The fraction of sp³-hybridized carbons (Fsp3) is 0.174. The third-order valence-electron chi connectivity index (χ3n) is 4.47. The third-order valence-corrected chi connectivity index (χ3v) is 6.18. The van der Waals surface area contributed by atoms with Gasteiger partial charge in [0, 0.05) is 15.7 Å². The van der Waals surface area contributed by atoms with Gasteiger partial charge < -0.3 is 15.4 Å². The van der Waals surface area contributed by atoms with Crippen LogP contribution in [0, 0.1) is 6.92 Å². The zero-order valence-electron chi connectivity index (χ0n) is 17.3. The first kappa shape index (κ1) is 23.8. The molecular weight excluding hydrogens is 471 g/mol. The van der Waals surface area contributed by atoms with E-state index in [4.69, 9.17) is 27.9 Å². The van der Waals surface area contributed by atoms with Crippen molar-refractivity contribution in [3.05, 3.63) is 80.1 Å². The quantitative estimate of drug-likeness (QED) is 0.399.